The molecule has 1 N–H and O–H groups in total. The lowest BCUT2D eigenvalue weighted by atomic mass is 9.97. The second-order valence-corrected chi connectivity index (χ2v) is 3.57. The number of hydrogen-bond acceptors (Lipinski definition) is 1. The summed E-state index contributed by atoms with van der Waals surface area (Å²) in [7, 11) is 0. The highest BCUT2D eigenvalue weighted by Gasteiger charge is 2.23. The topological polar surface area (TPSA) is 12.0 Å². The standard InChI is InChI=1S/C11H14FN/c1-2-4-8-7-13-11-9(8)5-3-6-10(11)12/h3,5-6,8,13H,2,4,7H2,1H3. The Bertz CT molecular complexity index is 309. The third-order valence-electron chi connectivity index (χ3n) is 2.65. The Balaban J connectivity index is 2.32. The van der Waals surface area contributed by atoms with Crippen molar-refractivity contribution in [2.45, 2.75) is 25.7 Å². The predicted octanol–water partition coefficient (Wildman–Crippen LogP) is 3.13. The summed E-state index contributed by atoms with van der Waals surface area (Å²) in [4.78, 5) is 0. The smallest absolute Gasteiger partial charge is 0.146 e. The van der Waals surface area contributed by atoms with Gasteiger partial charge in [-0.15, -0.1) is 0 Å². The molecule has 1 nitrogen and oxygen atoms in total. The lowest BCUT2D eigenvalue weighted by Crippen LogP contribution is -2.00. The van der Waals surface area contributed by atoms with Gasteiger partial charge in [0.05, 0.1) is 5.69 Å². The molecule has 0 aromatic heterocycles. The van der Waals surface area contributed by atoms with Crippen LogP contribution in [0.25, 0.3) is 0 Å². The van der Waals surface area contributed by atoms with E-state index in [1.807, 2.05) is 6.07 Å². The summed E-state index contributed by atoms with van der Waals surface area (Å²) >= 11 is 0. The molecule has 0 fully saturated rings. The molecular formula is C11H14FN. The lowest BCUT2D eigenvalue weighted by molar-refractivity contribution is 0.630. The molecular weight excluding hydrogens is 165 g/mol. The van der Waals surface area contributed by atoms with Crippen LogP contribution in [0, 0.1) is 5.82 Å². The second kappa shape index (κ2) is 3.36. The first-order chi connectivity index (χ1) is 6.33. The van der Waals surface area contributed by atoms with Gasteiger partial charge in [0.1, 0.15) is 5.82 Å². The third kappa shape index (κ3) is 1.41. The molecule has 1 unspecified atom stereocenters. The van der Waals surface area contributed by atoms with Gasteiger partial charge in [0.2, 0.25) is 0 Å². The van der Waals surface area contributed by atoms with Crippen LogP contribution in [-0.4, -0.2) is 6.54 Å². The van der Waals surface area contributed by atoms with E-state index < -0.39 is 0 Å². The highest BCUT2D eigenvalue weighted by molar-refractivity contribution is 5.58. The summed E-state index contributed by atoms with van der Waals surface area (Å²) in [6.45, 7) is 3.06. The summed E-state index contributed by atoms with van der Waals surface area (Å²) in [6, 6.07) is 5.34. The van der Waals surface area contributed by atoms with E-state index in [4.69, 9.17) is 0 Å². The van der Waals surface area contributed by atoms with Gasteiger partial charge in [-0.25, -0.2) is 4.39 Å². The van der Waals surface area contributed by atoms with Crippen molar-refractivity contribution in [1.82, 2.24) is 0 Å². The number of halogens is 1. The van der Waals surface area contributed by atoms with Crippen molar-refractivity contribution < 1.29 is 4.39 Å². The van der Waals surface area contributed by atoms with Crippen LogP contribution < -0.4 is 5.32 Å². The molecule has 1 heterocycles. The van der Waals surface area contributed by atoms with E-state index in [0.717, 1.165) is 30.6 Å². The lowest BCUT2D eigenvalue weighted by Gasteiger charge is -2.07. The largest absolute Gasteiger partial charge is 0.382 e. The van der Waals surface area contributed by atoms with Gasteiger partial charge in [0.25, 0.3) is 0 Å². The number of anilines is 1. The van der Waals surface area contributed by atoms with Crippen molar-refractivity contribution in [3.63, 3.8) is 0 Å². The highest BCUT2D eigenvalue weighted by Crippen LogP contribution is 2.35. The van der Waals surface area contributed by atoms with Gasteiger partial charge in [0.15, 0.2) is 0 Å². The quantitative estimate of drug-likeness (QED) is 0.735. The van der Waals surface area contributed by atoms with Crippen molar-refractivity contribution >= 4 is 5.69 Å². The van der Waals surface area contributed by atoms with E-state index in [9.17, 15) is 4.39 Å². The fraction of sp³-hybridized carbons (Fsp3) is 0.455. The van der Waals surface area contributed by atoms with Gasteiger partial charge in [-0.1, -0.05) is 25.5 Å². The average molecular weight is 179 g/mol. The molecule has 0 amide bonds. The zero-order valence-corrected chi connectivity index (χ0v) is 7.81. The van der Waals surface area contributed by atoms with Crippen LogP contribution in [-0.2, 0) is 0 Å². The zero-order valence-electron chi connectivity index (χ0n) is 7.81. The first-order valence-electron chi connectivity index (χ1n) is 4.85. The Kier molecular flexibility index (Phi) is 2.21. The van der Waals surface area contributed by atoms with Gasteiger partial charge in [-0.2, -0.15) is 0 Å². The van der Waals surface area contributed by atoms with Gasteiger partial charge < -0.3 is 5.32 Å². The van der Waals surface area contributed by atoms with Gasteiger partial charge in [-0.3, -0.25) is 0 Å². The first kappa shape index (κ1) is 8.54. The Morgan fingerprint density at radius 2 is 2.38 bits per heavy atom. The predicted molar refractivity (Wildman–Crippen MR) is 52.5 cm³/mol. The summed E-state index contributed by atoms with van der Waals surface area (Å²) in [6.07, 6.45) is 2.30. The molecule has 1 aliphatic heterocycles. The molecule has 0 bridgehead atoms. The first-order valence-corrected chi connectivity index (χ1v) is 4.85. The zero-order chi connectivity index (χ0) is 9.26. The molecule has 13 heavy (non-hydrogen) atoms. The maximum absolute atomic E-state index is 13.2. The van der Waals surface area contributed by atoms with E-state index in [1.165, 1.54) is 6.07 Å². The summed E-state index contributed by atoms with van der Waals surface area (Å²) in [5, 5.41) is 3.13. The van der Waals surface area contributed by atoms with Gasteiger partial charge >= 0.3 is 0 Å². The van der Waals surface area contributed by atoms with Crippen molar-refractivity contribution in [3.8, 4) is 0 Å². The molecule has 1 aromatic rings. The Morgan fingerprint density at radius 1 is 1.54 bits per heavy atom. The normalized spacial score (nSPS) is 19.7. The average Bonchev–Trinajstić information content (AvgIpc) is 2.51. The molecule has 0 saturated carbocycles. The molecule has 1 aliphatic rings. The van der Waals surface area contributed by atoms with Crippen molar-refractivity contribution in [2.24, 2.45) is 0 Å². The van der Waals surface area contributed by atoms with E-state index >= 15 is 0 Å². The van der Waals surface area contributed by atoms with Gasteiger partial charge in [-0.05, 0) is 18.1 Å². The molecule has 0 aliphatic carbocycles. The molecule has 2 rings (SSSR count). The fourth-order valence-corrected chi connectivity index (χ4v) is 2.01. The van der Waals surface area contributed by atoms with Crippen LogP contribution in [0.1, 0.15) is 31.2 Å². The van der Waals surface area contributed by atoms with Crippen LogP contribution in [0.2, 0.25) is 0 Å². The highest BCUT2D eigenvalue weighted by atomic mass is 19.1. The Labute approximate surface area is 78.0 Å². The second-order valence-electron chi connectivity index (χ2n) is 3.57. The van der Waals surface area contributed by atoms with E-state index in [2.05, 4.69) is 12.2 Å². The summed E-state index contributed by atoms with van der Waals surface area (Å²) in [5.74, 6) is 0.395. The fourth-order valence-electron chi connectivity index (χ4n) is 2.01. The van der Waals surface area contributed by atoms with Crippen molar-refractivity contribution in [3.05, 3.63) is 29.6 Å². The van der Waals surface area contributed by atoms with E-state index in [1.54, 1.807) is 6.07 Å². The minimum Gasteiger partial charge on any atom is -0.382 e. The molecule has 0 saturated heterocycles. The molecule has 1 atom stereocenters. The van der Waals surface area contributed by atoms with Crippen molar-refractivity contribution in [2.75, 3.05) is 11.9 Å². The number of rotatable bonds is 2. The number of benzene rings is 1. The molecule has 0 radical (unpaired) electrons. The SMILES string of the molecule is CCCC1CNc2c(F)cccc21. The molecule has 2 heteroatoms. The number of para-hydroxylation sites is 1. The number of fused-ring (bicyclic) bond motifs is 1. The van der Waals surface area contributed by atoms with E-state index in [0.29, 0.717) is 5.92 Å². The van der Waals surface area contributed by atoms with E-state index in [-0.39, 0.29) is 5.82 Å². The van der Waals surface area contributed by atoms with Crippen LogP contribution in [0.3, 0.4) is 0 Å². The maximum atomic E-state index is 13.2. The molecule has 0 spiro atoms. The van der Waals surface area contributed by atoms with Crippen LogP contribution in [0.15, 0.2) is 18.2 Å². The summed E-state index contributed by atoms with van der Waals surface area (Å²) < 4.78 is 13.2. The monoisotopic (exact) mass is 179 g/mol. The third-order valence-corrected chi connectivity index (χ3v) is 2.65. The van der Waals surface area contributed by atoms with Crippen LogP contribution >= 0.6 is 0 Å². The Morgan fingerprint density at radius 3 is 3.15 bits per heavy atom. The molecule has 70 valence electrons. The van der Waals surface area contributed by atoms with Crippen LogP contribution in [0.5, 0.6) is 0 Å². The van der Waals surface area contributed by atoms with Crippen LogP contribution in [0.4, 0.5) is 10.1 Å². The number of hydrogen-bond donors (Lipinski definition) is 1. The van der Waals surface area contributed by atoms with Crippen molar-refractivity contribution in [1.29, 1.82) is 0 Å². The van der Waals surface area contributed by atoms with Gasteiger partial charge in [0, 0.05) is 12.5 Å². The number of nitrogens with one attached hydrogen (secondary N) is 1. The Hall–Kier alpha value is -1.05. The minimum atomic E-state index is -0.115. The summed E-state index contributed by atoms with van der Waals surface area (Å²) in [5.41, 5.74) is 1.88. The maximum Gasteiger partial charge on any atom is 0.146 e. The molecule has 1 aromatic carbocycles. The minimum absolute atomic E-state index is 0.115.